The quantitative estimate of drug-likeness (QED) is 0.656. The summed E-state index contributed by atoms with van der Waals surface area (Å²) in [5.74, 6) is 0.657. The van der Waals surface area contributed by atoms with E-state index in [1.807, 2.05) is 18.2 Å². The first kappa shape index (κ1) is 16.1. The number of hydrazone groups is 1. The number of hydrogen-bond donors (Lipinski definition) is 2. The summed E-state index contributed by atoms with van der Waals surface area (Å²) < 4.78 is 5.08. The van der Waals surface area contributed by atoms with Crippen molar-refractivity contribution in [3.05, 3.63) is 59.7 Å². The highest BCUT2D eigenvalue weighted by Crippen LogP contribution is 2.47. The third-order valence-electron chi connectivity index (χ3n) is 4.29. The number of carbonyl (C=O) groups is 1. The van der Waals surface area contributed by atoms with E-state index < -0.39 is 0 Å². The van der Waals surface area contributed by atoms with Crippen LogP contribution in [0.4, 0.5) is 0 Å². The van der Waals surface area contributed by atoms with Gasteiger partial charge in [-0.25, -0.2) is 5.43 Å². The first-order valence-electron chi connectivity index (χ1n) is 7.86. The van der Waals surface area contributed by atoms with Crippen LogP contribution in [0.3, 0.4) is 0 Å². The van der Waals surface area contributed by atoms with Crippen LogP contribution >= 0.6 is 0 Å². The fourth-order valence-corrected chi connectivity index (χ4v) is 2.74. The maximum absolute atomic E-state index is 12.2. The summed E-state index contributed by atoms with van der Waals surface area (Å²) in [6.45, 7) is 1.80. The zero-order chi connectivity index (χ0) is 17.1. The number of phenolic OH excluding ortho intramolecular Hbond substituents is 1. The molecule has 3 rings (SSSR count). The van der Waals surface area contributed by atoms with Crippen LogP contribution < -0.4 is 10.2 Å². The molecule has 5 heteroatoms. The van der Waals surface area contributed by atoms with Crippen LogP contribution in [-0.4, -0.2) is 23.8 Å². The van der Waals surface area contributed by atoms with Crippen LogP contribution in [0.25, 0.3) is 0 Å². The topological polar surface area (TPSA) is 70.9 Å². The maximum Gasteiger partial charge on any atom is 0.243 e. The first-order chi connectivity index (χ1) is 11.6. The molecule has 0 aromatic heterocycles. The second-order valence-corrected chi connectivity index (χ2v) is 5.92. The molecule has 2 atom stereocenters. The van der Waals surface area contributed by atoms with E-state index in [1.54, 1.807) is 25.1 Å². The highest BCUT2D eigenvalue weighted by atomic mass is 16.5. The molecule has 0 saturated heterocycles. The van der Waals surface area contributed by atoms with Crippen LogP contribution in [-0.2, 0) is 4.79 Å². The molecule has 0 heterocycles. The normalized spacial score (nSPS) is 19.7. The highest BCUT2D eigenvalue weighted by Gasteiger charge is 2.43. The van der Waals surface area contributed by atoms with Crippen molar-refractivity contribution in [3.8, 4) is 11.5 Å². The molecule has 0 aliphatic heterocycles. The largest absolute Gasteiger partial charge is 0.504 e. The molecule has 124 valence electrons. The van der Waals surface area contributed by atoms with Crippen LogP contribution in [0.2, 0.25) is 0 Å². The maximum atomic E-state index is 12.2. The van der Waals surface area contributed by atoms with Gasteiger partial charge in [0.05, 0.1) is 12.8 Å². The van der Waals surface area contributed by atoms with Crippen LogP contribution in [0.15, 0.2) is 53.6 Å². The Balaban J connectivity index is 1.62. The Morgan fingerprint density at radius 2 is 2.00 bits per heavy atom. The van der Waals surface area contributed by atoms with Gasteiger partial charge in [-0.05, 0) is 43.0 Å². The highest BCUT2D eigenvalue weighted by molar-refractivity contribution is 6.00. The predicted molar refractivity (Wildman–Crippen MR) is 92.3 cm³/mol. The number of carbonyl (C=O) groups excluding carboxylic acids is 1. The smallest absolute Gasteiger partial charge is 0.243 e. The molecule has 2 aromatic rings. The van der Waals surface area contributed by atoms with Crippen molar-refractivity contribution in [3.63, 3.8) is 0 Å². The van der Waals surface area contributed by atoms with Gasteiger partial charge in [-0.1, -0.05) is 30.3 Å². The molecule has 2 aromatic carbocycles. The molecule has 1 saturated carbocycles. The van der Waals surface area contributed by atoms with E-state index >= 15 is 0 Å². The van der Waals surface area contributed by atoms with Crippen molar-refractivity contribution < 1.29 is 14.6 Å². The van der Waals surface area contributed by atoms with Gasteiger partial charge in [0.2, 0.25) is 5.91 Å². The SMILES string of the molecule is COc1cc(/C(C)=N/NC(=O)C2CC2c2ccccc2)ccc1O. The Kier molecular flexibility index (Phi) is 4.51. The van der Waals surface area contributed by atoms with Crippen LogP contribution in [0, 0.1) is 5.92 Å². The fourth-order valence-electron chi connectivity index (χ4n) is 2.74. The average molecular weight is 324 g/mol. The summed E-state index contributed by atoms with van der Waals surface area (Å²) >= 11 is 0. The van der Waals surface area contributed by atoms with E-state index in [1.165, 1.54) is 12.7 Å². The summed E-state index contributed by atoms with van der Waals surface area (Å²) in [5.41, 5.74) is 5.27. The molecule has 1 aliphatic carbocycles. The number of aromatic hydroxyl groups is 1. The van der Waals surface area contributed by atoms with Crippen LogP contribution in [0.5, 0.6) is 11.5 Å². The molecule has 1 aliphatic rings. The average Bonchev–Trinajstić information content (AvgIpc) is 3.41. The standard InChI is InChI=1S/C19H20N2O3/c1-12(14-8-9-17(22)18(10-14)24-2)20-21-19(23)16-11-15(16)13-6-4-3-5-7-13/h3-10,15-16,22H,11H2,1-2H3,(H,21,23)/b20-12+. The minimum atomic E-state index is -0.0612. The summed E-state index contributed by atoms with van der Waals surface area (Å²) in [6, 6.07) is 15.0. The van der Waals surface area contributed by atoms with Crippen molar-refractivity contribution in [2.75, 3.05) is 7.11 Å². The lowest BCUT2D eigenvalue weighted by atomic mass is 10.1. The lowest BCUT2D eigenvalue weighted by molar-refractivity contribution is -0.122. The van der Waals surface area contributed by atoms with E-state index in [2.05, 4.69) is 22.7 Å². The Hall–Kier alpha value is -2.82. The minimum Gasteiger partial charge on any atom is -0.504 e. The molecule has 24 heavy (non-hydrogen) atoms. The Labute approximate surface area is 141 Å². The molecule has 5 nitrogen and oxygen atoms in total. The zero-order valence-corrected chi connectivity index (χ0v) is 13.7. The van der Waals surface area contributed by atoms with Crippen molar-refractivity contribution >= 4 is 11.6 Å². The molecule has 1 fully saturated rings. The Morgan fingerprint density at radius 3 is 2.71 bits per heavy atom. The zero-order valence-electron chi connectivity index (χ0n) is 13.7. The number of ether oxygens (including phenoxy) is 1. The third kappa shape index (κ3) is 3.40. The van der Waals surface area contributed by atoms with E-state index in [9.17, 15) is 9.90 Å². The van der Waals surface area contributed by atoms with Crippen molar-refractivity contribution in [2.24, 2.45) is 11.0 Å². The molecule has 0 bridgehead atoms. The van der Waals surface area contributed by atoms with Crippen LogP contribution in [0.1, 0.15) is 30.4 Å². The second kappa shape index (κ2) is 6.74. The lowest BCUT2D eigenvalue weighted by Crippen LogP contribution is -2.21. The van der Waals surface area contributed by atoms with Gasteiger partial charge in [0.25, 0.3) is 0 Å². The molecule has 2 N–H and O–H groups in total. The van der Waals surface area contributed by atoms with E-state index in [-0.39, 0.29) is 23.5 Å². The number of phenols is 1. The molecular weight excluding hydrogens is 304 g/mol. The predicted octanol–water partition coefficient (Wildman–Crippen LogP) is 3.04. The monoisotopic (exact) mass is 324 g/mol. The van der Waals surface area contributed by atoms with E-state index in [0.717, 1.165) is 12.0 Å². The molecule has 0 radical (unpaired) electrons. The Morgan fingerprint density at radius 1 is 1.25 bits per heavy atom. The van der Waals surface area contributed by atoms with Crippen molar-refractivity contribution in [1.29, 1.82) is 0 Å². The molecule has 2 unspecified atom stereocenters. The van der Waals surface area contributed by atoms with Gasteiger partial charge < -0.3 is 9.84 Å². The number of rotatable bonds is 5. The number of nitrogens with one attached hydrogen (secondary N) is 1. The van der Waals surface area contributed by atoms with Gasteiger partial charge in [-0.15, -0.1) is 0 Å². The van der Waals surface area contributed by atoms with Gasteiger partial charge in [-0.3, -0.25) is 4.79 Å². The van der Waals surface area contributed by atoms with Gasteiger partial charge in [0.15, 0.2) is 11.5 Å². The number of amides is 1. The number of nitrogens with zero attached hydrogens (tertiary/aromatic N) is 1. The minimum absolute atomic E-state index is 0.0155. The first-order valence-corrected chi connectivity index (χ1v) is 7.86. The number of benzene rings is 2. The second-order valence-electron chi connectivity index (χ2n) is 5.92. The fraction of sp³-hybridized carbons (Fsp3) is 0.263. The van der Waals surface area contributed by atoms with Crippen molar-refractivity contribution in [2.45, 2.75) is 19.3 Å². The molecule has 0 spiro atoms. The number of methoxy groups -OCH3 is 1. The van der Waals surface area contributed by atoms with Gasteiger partial charge in [-0.2, -0.15) is 5.10 Å². The van der Waals surface area contributed by atoms with Gasteiger partial charge in [0, 0.05) is 11.5 Å². The van der Waals surface area contributed by atoms with E-state index in [0.29, 0.717) is 11.5 Å². The van der Waals surface area contributed by atoms with Gasteiger partial charge >= 0.3 is 0 Å². The van der Waals surface area contributed by atoms with Gasteiger partial charge in [0.1, 0.15) is 0 Å². The third-order valence-corrected chi connectivity index (χ3v) is 4.29. The summed E-state index contributed by atoms with van der Waals surface area (Å²) in [5, 5.41) is 13.8. The Bertz CT molecular complexity index is 771. The summed E-state index contributed by atoms with van der Waals surface area (Å²) in [6.07, 6.45) is 0.859. The number of hydrogen-bond acceptors (Lipinski definition) is 4. The summed E-state index contributed by atoms with van der Waals surface area (Å²) in [7, 11) is 1.49. The molecular formula is C19H20N2O3. The van der Waals surface area contributed by atoms with Crippen molar-refractivity contribution in [1.82, 2.24) is 5.43 Å². The van der Waals surface area contributed by atoms with E-state index in [4.69, 9.17) is 4.74 Å². The summed E-state index contributed by atoms with van der Waals surface area (Å²) in [4.78, 5) is 12.2. The lowest BCUT2D eigenvalue weighted by Gasteiger charge is -2.07. The molecule has 1 amide bonds.